The van der Waals surface area contributed by atoms with E-state index < -0.39 is 6.10 Å². The topological polar surface area (TPSA) is 62.2 Å². The van der Waals surface area contributed by atoms with E-state index in [9.17, 15) is 9.90 Å². The molecule has 0 radical (unpaired) electrons. The lowest BCUT2D eigenvalue weighted by molar-refractivity contribution is -0.121. The molecule has 1 amide bonds. The third-order valence-electron chi connectivity index (χ3n) is 3.59. The van der Waals surface area contributed by atoms with Gasteiger partial charge in [-0.3, -0.25) is 9.78 Å². The second kappa shape index (κ2) is 7.71. The van der Waals surface area contributed by atoms with E-state index in [1.165, 1.54) is 0 Å². The SMILES string of the molecule is Cc1ccc(CC(=O)NC(C)C(O)Cc2ccccc2)cn1. The van der Waals surface area contributed by atoms with Crippen LogP contribution in [0, 0.1) is 6.92 Å². The Bertz CT molecular complexity index is 596. The van der Waals surface area contributed by atoms with Crippen molar-refractivity contribution in [1.82, 2.24) is 10.3 Å². The highest BCUT2D eigenvalue weighted by Gasteiger charge is 2.17. The van der Waals surface area contributed by atoms with Crippen molar-refractivity contribution in [1.29, 1.82) is 0 Å². The lowest BCUT2D eigenvalue weighted by atomic mass is 10.0. The molecule has 0 aliphatic rings. The van der Waals surface area contributed by atoms with Crippen LogP contribution in [0.15, 0.2) is 48.7 Å². The number of pyridine rings is 1. The van der Waals surface area contributed by atoms with Crippen molar-refractivity contribution < 1.29 is 9.90 Å². The van der Waals surface area contributed by atoms with Crippen LogP contribution >= 0.6 is 0 Å². The summed E-state index contributed by atoms with van der Waals surface area (Å²) in [5.74, 6) is -0.106. The number of carbonyl (C=O) groups is 1. The van der Waals surface area contributed by atoms with Crippen LogP contribution in [-0.4, -0.2) is 28.1 Å². The summed E-state index contributed by atoms with van der Waals surface area (Å²) in [6, 6.07) is 13.2. The zero-order valence-electron chi connectivity index (χ0n) is 13.0. The lowest BCUT2D eigenvalue weighted by Gasteiger charge is -2.20. The third-order valence-corrected chi connectivity index (χ3v) is 3.59. The molecule has 4 nitrogen and oxygen atoms in total. The van der Waals surface area contributed by atoms with Crippen LogP contribution in [0.5, 0.6) is 0 Å². The lowest BCUT2D eigenvalue weighted by Crippen LogP contribution is -2.42. The van der Waals surface area contributed by atoms with Crippen molar-refractivity contribution in [3.63, 3.8) is 0 Å². The molecule has 0 saturated carbocycles. The van der Waals surface area contributed by atoms with Gasteiger partial charge in [-0.2, -0.15) is 0 Å². The van der Waals surface area contributed by atoms with Gasteiger partial charge in [0.2, 0.25) is 5.91 Å². The van der Waals surface area contributed by atoms with Gasteiger partial charge in [-0.05, 0) is 31.0 Å². The fourth-order valence-corrected chi connectivity index (χ4v) is 2.22. The zero-order valence-corrected chi connectivity index (χ0v) is 13.0. The molecule has 2 unspecified atom stereocenters. The smallest absolute Gasteiger partial charge is 0.224 e. The predicted octanol–water partition coefficient (Wildman–Crippen LogP) is 2.04. The van der Waals surface area contributed by atoms with Crippen LogP contribution in [0.3, 0.4) is 0 Å². The molecule has 1 aromatic heterocycles. The van der Waals surface area contributed by atoms with Gasteiger partial charge in [0.15, 0.2) is 0 Å². The maximum atomic E-state index is 12.0. The molecule has 0 fully saturated rings. The van der Waals surface area contributed by atoms with E-state index in [-0.39, 0.29) is 18.4 Å². The summed E-state index contributed by atoms with van der Waals surface area (Å²) in [5.41, 5.74) is 2.85. The molecule has 4 heteroatoms. The first-order valence-corrected chi connectivity index (χ1v) is 7.47. The van der Waals surface area contributed by atoms with Gasteiger partial charge in [-0.1, -0.05) is 36.4 Å². The molecular formula is C18H22N2O2. The van der Waals surface area contributed by atoms with Crippen molar-refractivity contribution in [3.05, 3.63) is 65.5 Å². The maximum absolute atomic E-state index is 12.0. The molecule has 0 spiro atoms. The zero-order chi connectivity index (χ0) is 15.9. The monoisotopic (exact) mass is 298 g/mol. The molecule has 2 atom stereocenters. The Morgan fingerprint density at radius 1 is 1.18 bits per heavy atom. The quantitative estimate of drug-likeness (QED) is 0.858. The molecular weight excluding hydrogens is 276 g/mol. The van der Waals surface area contributed by atoms with Crippen molar-refractivity contribution in [2.75, 3.05) is 0 Å². The number of aliphatic hydroxyl groups is 1. The Hall–Kier alpha value is -2.20. The molecule has 0 aliphatic heterocycles. The second-order valence-electron chi connectivity index (χ2n) is 5.60. The summed E-state index contributed by atoms with van der Waals surface area (Å²) in [6.45, 7) is 3.73. The highest BCUT2D eigenvalue weighted by atomic mass is 16.3. The fraction of sp³-hybridized carbons (Fsp3) is 0.333. The van der Waals surface area contributed by atoms with Crippen molar-refractivity contribution in [2.24, 2.45) is 0 Å². The molecule has 22 heavy (non-hydrogen) atoms. The van der Waals surface area contributed by atoms with Gasteiger partial charge in [-0.15, -0.1) is 0 Å². The standard InChI is InChI=1S/C18H22N2O2/c1-13-8-9-16(12-19-13)11-18(22)20-14(2)17(21)10-15-6-4-3-5-7-15/h3-9,12,14,17,21H,10-11H2,1-2H3,(H,20,22). The second-order valence-corrected chi connectivity index (χ2v) is 5.60. The molecule has 0 aliphatic carbocycles. The van der Waals surface area contributed by atoms with Crippen LogP contribution in [0.4, 0.5) is 0 Å². The largest absolute Gasteiger partial charge is 0.391 e. The number of carbonyl (C=O) groups excluding carboxylic acids is 1. The number of aliphatic hydroxyl groups excluding tert-OH is 1. The van der Waals surface area contributed by atoms with E-state index in [2.05, 4.69) is 10.3 Å². The van der Waals surface area contributed by atoms with E-state index in [1.807, 2.05) is 56.3 Å². The molecule has 1 heterocycles. The summed E-state index contributed by atoms with van der Waals surface area (Å²) in [4.78, 5) is 16.2. The highest BCUT2D eigenvalue weighted by Crippen LogP contribution is 2.07. The normalized spacial score (nSPS) is 13.4. The van der Waals surface area contributed by atoms with E-state index in [4.69, 9.17) is 0 Å². The van der Waals surface area contributed by atoms with Crippen molar-refractivity contribution >= 4 is 5.91 Å². The highest BCUT2D eigenvalue weighted by molar-refractivity contribution is 5.78. The van der Waals surface area contributed by atoms with Gasteiger partial charge in [0, 0.05) is 18.3 Å². The van der Waals surface area contributed by atoms with Crippen LogP contribution in [0.2, 0.25) is 0 Å². The van der Waals surface area contributed by atoms with E-state index in [1.54, 1.807) is 6.20 Å². The van der Waals surface area contributed by atoms with Gasteiger partial charge in [0.05, 0.1) is 18.6 Å². The number of hydrogen-bond acceptors (Lipinski definition) is 3. The Kier molecular flexibility index (Phi) is 5.67. The molecule has 2 aromatic rings. The van der Waals surface area contributed by atoms with E-state index in [0.717, 1.165) is 16.8 Å². The Balaban J connectivity index is 1.83. The summed E-state index contributed by atoms with van der Waals surface area (Å²) in [5, 5.41) is 13.0. The minimum Gasteiger partial charge on any atom is -0.391 e. The average Bonchev–Trinajstić information content (AvgIpc) is 2.50. The number of benzene rings is 1. The molecule has 2 rings (SSSR count). The van der Waals surface area contributed by atoms with Crippen molar-refractivity contribution in [3.8, 4) is 0 Å². The van der Waals surface area contributed by atoms with Gasteiger partial charge >= 0.3 is 0 Å². The van der Waals surface area contributed by atoms with Gasteiger partial charge in [0.25, 0.3) is 0 Å². The minimum atomic E-state index is -0.609. The maximum Gasteiger partial charge on any atom is 0.224 e. The Morgan fingerprint density at radius 3 is 2.55 bits per heavy atom. The first-order valence-electron chi connectivity index (χ1n) is 7.47. The summed E-state index contributed by atoms with van der Waals surface area (Å²) in [7, 11) is 0. The number of nitrogens with one attached hydrogen (secondary N) is 1. The number of aromatic nitrogens is 1. The summed E-state index contributed by atoms with van der Waals surface area (Å²) < 4.78 is 0. The van der Waals surface area contributed by atoms with Crippen LogP contribution in [-0.2, 0) is 17.6 Å². The number of nitrogens with zero attached hydrogens (tertiary/aromatic N) is 1. The van der Waals surface area contributed by atoms with Crippen LogP contribution in [0.25, 0.3) is 0 Å². The number of amides is 1. The van der Waals surface area contributed by atoms with E-state index in [0.29, 0.717) is 6.42 Å². The summed E-state index contributed by atoms with van der Waals surface area (Å²) in [6.07, 6.45) is 1.90. The number of rotatable bonds is 6. The third kappa shape index (κ3) is 4.97. The Morgan fingerprint density at radius 2 is 1.91 bits per heavy atom. The van der Waals surface area contributed by atoms with Gasteiger partial charge in [-0.25, -0.2) is 0 Å². The summed E-state index contributed by atoms with van der Waals surface area (Å²) >= 11 is 0. The first-order chi connectivity index (χ1) is 10.5. The van der Waals surface area contributed by atoms with Gasteiger partial charge in [0.1, 0.15) is 0 Å². The first kappa shape index (κ1) is 16.2. The van der Waals surface area contributed by atoms with Crippen LogP contribution in [0.1, 0.15) is 23.7 Å². The van der Waals surface area contributed by atoms with E-state index >= 15 is 0 Å². The molecule has 2 N–H and O–H groups in total. The Labute approximate surface area is 131 Å². The van der Waals surface area contributed by atoms with Gasteiger partial charge < -0.3 is 10.4 Å². The predicted molar refractivity (Wildman–Crippen MR) is 86.4 cm³/mol. The minimum absolute atomic E-state index is 0.106. The molecule has 1 aromatic carbocycles. The number of hydrogen-bond donors (Lipinski definition) is 2. The van der Waals surface area contributed by atoms with Crippen molar-refractivity contribution in [2.45, 2.75) is 38.8 Å². The average molecular weight is 298 g/mol. The fourth-order valence-electron chi connectivity index (χ4n) is 2.22. The molecule has 0 bridgehead atoms. The molecule has 116 valence electrons. The number of aryl methyl sites for hydroxylation is 1. The molecule has 0 saturated heterocycles. The van der Waals surface area contributed by atoms with Crippen LogP contribution < -0.4 is 5.32 Å².